The number of likely N-dealkylation sites (N-methyl/N-ethyl adjacent to an activating group) is 1. The molecule has 0 unspecified atom stereocenters. The maximum atomic E-state index is 12.8. The number of rotatable bonds is 3. The summed E-state index contributed by atoms with van der Waals surface area (Å²) in [7, 11) is -2.47. The highest BCUT2D eigenvalue weighted by Gasteiger charge is 2.49. The zero-order valence-corrected chi connectivity index (χ0v) is 16.0. The molecule has 9 heteroatoms. The first kappa shape index (κ1) is 19.1. The lowest BCUT2D eigenvalue weighted by molar-refractivity contribution is -0.0500. The second-order valence-electron chi connectivity index (χ2n) is 6.94. The molecule has 2 aromatic carbocycles. The molecule has 0 radical (unpaired) electrons. The van der Waals surface area contributed by atoms with Crippen molar-refractivity contribution >= 4 is 10.1 Å². The van der Waals surface area contributed by atoms with Crippen LogP contribution in [0, 0.1) is 0 Å². The van der Waals surface area contributed by atoms with Gasteiger partial charge in [-0.1, -0.05) is 24.3 Å². The molecule has 0 amide bonds. The Labute approximate surface area is 160 Å². The van der Waals surface area contributed by atoms with Gasteiger partial charge >= 0.3 is 15.6 Å². The van der Waals surface area contributed by atoms with Gasteiger partial charge in [0.15, 0.2) is 11.5 Å². The van der Waals surface area contributed by atoms with Crippen LogP contribution in [0.3, 0.4) is 0 Å². The zero-order chi connectivity index (χ0) is 20.3. The number of hydrogen-bond donors (Lipinski definition) is 0. The molecule has 0 saturated carbocycles. The quantitative estimate of drug-likeness (QED) is 0.568. The number of fused-ring (bicyclic) bond motifs is 2. The molecule has 2 aliphatic rings. The summed E-state index contributed by atoms with van der Waals surface area (Å²) < 4.78 is 71.1. The van der Waals surface area contributed by atoms with Gasteiger partial charge in [-0.15, -0.1) is 0 Å². The molecule has 1 atom stereocenters. The number of ether oxygens (including phenoxy) is 1. The minimum Gasteiger partial charge on any atom is -0.492 e. The topological polar surface area (TPSA) is 55.8 Å². The molecule has 150 valence electrons. The summed E-state index contributed by atoms with van der Waals surface area (Å²) in [5.74, 6) is -0.482. The molecule has 0 fully saturated rings. The Hall–Kier alpha value is -2.26. The Kier molecular flexibility index (Phi) is 4.35. The summed E-state index contributed by atoms with van der Waals surface area (Å²) in [4.78, 5) is 2.25. The minimum absolute atomic E-state index is 0.00889. The summed E-state index contributed by atoms with van der Waals surface area (Å²) in [6.45, 7) is 0.915. The standard InChI is InChI=1S/C19H18F3NO4S/c1-23-9-8-11-4-3-5-13-16(11)14(23)10-12-6-7-15(18(26-2)17(12)13)27-28(24,25)19(20,21)22/h3-7,14H,8-10H2,1-2H3/t14-/m1/s1. The smallest absolute Gasteiger partial charge is 0.492 e. The molecule has 28 heavy (non-hydrogen) atoms. The Morgan fingerprint density at radius 3 is 2.57 bits per heavy atom. The Bertz CT molecular complexity index is 1050. The summed E-state index contributed by atoms with van der Waals surface area (Å²) in [5.41, 5.74) is -0.937. The number of halogens is 3. The van der Waals surface area contributed by atoms with E-state index in [0.29, 0.717) is 12.0 Å². The van der Waals surface area contributed by atoms with Crippen LogP contribution in [0.1, 0.15) is 22.7 Å². The lowest BCUT2D eigenvalue weighted by atomic mass is 9.77. The largest absolute Gasteiger partial charge is 0.534 e. The Balaban J connectivity index is 1.91. The first-order chi connectivity index (χ1) is 13.1. The SMILES string of the molecule is COc1c(OS(=O)(=O)C(F)(F)F)ccc2c1-c1cccc3c1[C@@H](C2)N(C)CC3. The van der Waals surface area contributed by atoms with Crippen molar-refractivity contribution in [3.8, 4) is 22.6 Å². The first-order valence-corrected chi connectivity index (χ1v) is 10.1. The number of alkyl halides is 3. The fourth-order valence-corrected chi connectivity index (χ4v) is 4.55. The maximum Gasteiger partial charge on any atom is 0.534 e. The second-order valence-corrected chi connectivity index (χ2v) is 8.48. The van der Waals surface area contributed by atoms with Gasteiger partial charge in [-0.25, -0.2) is 0 Å². The van der Waals surface area contributed by atoms with E-state index in [1.54, 1.807) is 6.07 Å². The average molecular weight is 413 g/mol. The molecule has 0 aromatic heterocycles. The van der Waals surface area contributed by atoms with Crippen LogP contribution in [-0.2, 0) is 23.0 Å². The van der Waals surface area contributed by atoms with E-state index in [2.05, 4.69) is 9.08 Å². The summed E-state index contributed by atoms with van der Waals surface area (Å²) in [6, 6.07) is 8.81. The predicted molar refractivity (Wildman–Crippen MR) is 96.8 cm³/mol. The molecule has 0 saturated heterocycles. The molecular weight excluding hydrogens is 395 g/mol. The van der Waals surface area contributed by atoms with Crippen LogP contribution in [0.4, 0.5) is 13.2 Å². The molecule has 0 bridgehead atoms. The van der Waals surface area contributed by atoms with Crippen LogP contribution in [-0.4, -0.2) is 39.5 Å². The third kappa shape index (κ3) is 2.84. The number of benzene rings is 2. The van der Waals surface area contributed by atoms with Crippen molar-refractivity contribution in [3.63, 3.8) is 0 Å². The highest BCUT2D eigenvalue weighted by molar-refractivity contribution is 7.88. The van der Waals surface area contributed by atoms with Crippen LogP contribution in [0.2, 0.25) is 0 Å². The lowest BCUT2D eigenvalue weighted by Crippen LogP contribution is -2.35. The van der Waals surface area contributed by atoms with Crippen molar-refractivity contribution in [2.24, 2.45) is 0 Å². The van der Waals surface area contributed by atoms with Gasteiger partial charge in [0.25, 0.3) is 0 Å². The van der Waals surface area contributed by atoms with Gasteiger partial charge in [0, 0.05) is 18.2 Å². The predicted octanol–water partition coefficient (Wildman–Crippen LogP) is 3.68. The third-order valence-corrected chi connectivity index (χ3v) is 6.34. The molecule has 1 aliphatic carbocycles. The van der Waals surface area contributed by atoms with Crippen molar-refractivity contribution in [1.29, 1.82) is 0 Å². The normalized spacial score (nSPS) is 19.0. The van der Waals surface area contributed by atoms with Crippen LogP contribution < -0.4 is 8.92 Å². The molecule has 0 N–H and O–H groups in total. The van der Waals surface area contributed by atoms with E-state index in [1.807, 2.05) is 25.2 Å². The second kappa shape index (κ2) is 6.38. The van der Waals surface area contributed by atoms with Crippen LogP contribution in [0.5, 0.6) is 11.5 Å². The van der Waals surface area contributed by atoms with E-state index < -0.39 is 21.4 Å². The molecule has 5 nitrogen and oxygen atoms in total. The van der Waals surface area contributed by atoms with Crippen LogP contribution in [0.25, 0.3) is 11.1 Å². The van der Waals surface area contributed by atoms with Gasteiger partial charge in [0.2, 0.25) is 0 Å². The molecule has 1 aliphatic heterocycles. The molecule has 2 aromatic rings. The van der Waals surface area contributed by atoms with E-state index >= 15 is 0 Å². The van der Waals surface area contributed by atoms with Gasteiger partial charge < -0.3 is 8.92 Å². The van der Waals surface area contributed by atoms with E-state index in [4.69, 9.17) is 4.74 Å². The van der Waals surface area contributed by atoms with Crippen molar-refractivity contribution < 1.29 is 30.5 Å². The van der Waals surface area contributed by atoms with E-state index in [0.717, 1.165) is 29.7 Å². The number of hydrogen-bond acceptors (Lipinski definition) is 5. The van der Waals surface area contributed by atoms with Crippen molar-refractivity contribution in [2.75, 3.05) is 20.7 Å². The number of nitrogens with zero attached hydrogens (tertiary/aromatic N) is 1. The molecule has 4 rings (SSSR count). The highest BCUT2D eigenvalue weighted by Crippen LogP contribution is 2.51. The zero-order valence-electron chi connectivity index (χ0n) is 15.2. The number of methoxy groups -OCH3 is 1. The Morgan fingerprint density at radius 1 is 1.14 bits per heavy atom. The van der Waals surface area contributed by atoms with Gasteiger partial charge in [-0.05, 0) is 48.2 Å². The third-order valence-electron chi connectivity index (χ3n) is 5.37. The van der Waals surface area contributed by atoms with Gasteiger partial charge in [0.05, 0.1) is 7.11 Å². The Morgan fingerprint density at radius 2 is 1.89 bits per heavy atom. The van der Waals surface area contributed by atoms with Crippen molar-refractivity contribution in [2.45, 2.75) is 24.4 Å². The minimum atomic E-state index is -5.80. The van der Waals surface area contributed by atoms with E-state index in [9.17, 15) is 21.6 Å². The first-order valence-electron chi connectivity index (χ1n) is 8.67. The maximum absolute atomic E-state index is 12.8. The van der Waals surface area contributed by atoms with E-state index in [1.165, 1.54) is 18.7 Å². The molecule has 1 heterocycles. The van der Waals surface area contributed by atoms with Crippen LogP contribution in [0.15, 0.2) is 30.3 Å². The van der Waals surface area contributed by atoms with Gasteiger partial charge in [-0.3, -0.25) is 4.90 Å². The van der Waals surface area contributed by atoms with Crippen LogP contribution >= 0.6 is 0 Å². The summed E-state index contributed by atoms with van der Waals surface area (Å²) in [5, 5.41) is 0. The van der Waals surface area contributed by atoms with E-state index in [-0.39, 0.29) is 11.8 Å². The van der Waals surface area contributed by atoms with Crippen molar-refractivity contribution in [1.82, 2.24) is 4.90 Å². The summed E-state index contributed by atoms with van der Waals surface area (Å²) >= 11 is 0. The lowest BCUT2D eigenvalue weighted by Gasteiger charge is -2.40. The average Bonchev–Trinajstić information content (AvgIpc) is 2.63. The fourth-order valence-electron chi connectivity index (χ4n) is 4.09. The summed E-state index contributed by atoms with van der Waals surface area (Å²) in [6.07, 6.45) is 1.52. The van der Waals surface area contributed by atoms with Crippen molar-refractivity contribution in [3.05, 3.63) is 47.0 Å². The molecule has 0 spiro atoms. The highest BCUT2D eigenvalue weighted by atomic mass is 32.2. The molecular formula is C19H18F3NO4S. The monoisotopic (exact) mass is 413 g/mol. The van der Waals surface area contributed by atoms with Gasteiger partial charge in [0.1, 0.15) is 0 Å². The van der Waals surface area contributed by atoms with Gasteiger partial charge in [-0.2, -0.15) is 21.6 Å². The fraction of sp³-hybridized carbons (Fsp3) is 0.368.